The minimum absolute atomic E-state index is 0.173. The molecule has 0 radical (unpaired) electrons. The van der Waals surface area contributed by atoms with Gasteiger partial charge in [0.05, 0.1) is 15.8 Å². The number of aromatic nitrogens is 4. The van der Waals surface area contributed by atoms with Crippen LogP contribution in [0.2, 0.25) is 0 Å². The van der Waals surface area contributed by atoms with Gasteiger partial charge in [-0.3, -0.25) is 5.10 Å². The molecule has 6 heteroatoms. The number of H-pyrrole nitrogens is 1. The molecule has 0 saturated carbocycles. The van der Waals surface area contributed by atoms with Crippen molar-refractivity contribution >= 4 is 28.4 Å². The molecule has 1 atom stereocenters. The minimum atomic E-state index is 0.173. The van der Waals surface area contributed by atoms with Crippen LogP contribution in [0.5, 0.6) is 0 Å². The Kier molecular flexibility index (Phi) is 3.14. The fraction of sp³-hybridized carbons (Fsp3) is 0.222. The molecule has 0 fully saturated rings. The van der Waals surface area contributed by atoms with E-state index in [1.54, 1.807) is 12.4 Å². The van der Waals surface area contributed by atoms with Gasteiger partial charge in [-0.1, -0.05) is 0 Å². The number of anilines is 1. The lowest BCUT2D eigenvalue weighted by Crippen LogP contribution is -2.08. The second kappa shape index (κ2) is 4.56. The van der Waals surface area contributed by atoms with Gasteiger partial charge in [0.15, 0.2) is 0 Å². The summed E-state index contributed by atoms with van der Waals surface area (Å²) >= 11 is 2.20. The largest absolute Gasteiger partial charge is 0.362 e. The molecule has 15 heavy (non-hydrogen) atoms. The van der Waals surface area contributed by atoms with Crippen LogP contribution < -0.4 is 5.32 Å². The number of nitrogens with zero attached hydrogens (tertiary/aromatic N) is 3. The molecule has 0 aromatic carbocycles. The number of hydrogen-bond acceptors (Lipinski definition) is 4. The van der Waals surface area contributed by atoms with E-state index in [-0.39, 0.29) is 6.04 Å². The smallest absolute Gasteiger partial charge is 0.143 e. The normalized spacial score (nSPS) is 12.4. The first kappa shape index (κ1) is 10.3. The van der Waals surface area contributed by atoms with E-state index in [2.05, 4.69) is 55.0 Å². The lowest BCUT2D eigenvalue weighted by atomic mass is 10.2. The molecule has 2 aromatic rings. The predicted octanol–water partition coefficient (Wildman–Crippen LogP) is 1.98. The lowest BCUT2D eigenvalue weighted by Gasteiger charge is -2.13. The van der Waals surface area contributed by atoms with Crippen LogP contribution in [0.3, 0.4) is 0 Å². The number of halogens is 1. The molecule has 2 heterocycles. The summed E-state index contributed by atoms with van der Waals surface area (Å²) in [6.45, 7) is 2.06. The molecular formula is C9H10IN5. The van der Waals surface area contributed by atoms with Gasteiger partial charge in [0.1, 0.15) is 12.1 Å². The summed E-state index contributed by atoms with van der Waals surface area (Å²) in [6.07, 6.45) is 6.97. The van der Waals surface area contributed by atoms with Gasteiger partial charge in [-0.05, 0) is 29.5 Å². The van der Waals surface area contributed by atoms with Gasteiger partial charge in [-0.2, -0.15) is 5.10 Å². The molecule has 0 bridgehead atoms. The van der Waals surface area contributed by atoms with E-state index in [0.29, 0.717) is 0 Å². The lowest BCUT2D eigenvalue weighted by molar-refractivity contribution is 0.870. The van der Waals surface area contributed by atoms with Crippen molar-refractivity contribution in [1.82, 2.24) is 20.2 Å². The zero-order valence-electron chi connectivity index (χ0n) is 8.11. The van der Waals surface area contributed by atoms with Crippen LogP contribution in [0.1, 0.15) is 18.5 Å². The predicted molar refractivity (Wildman–Crippen MR) is 65.4 cm³/mol. The van der Waals surface area contributed by atoms with Crippen LogP contribution in [0, 0.1) is 3.57 Å². The average Bonchev–Trinajstić information content (AvgIpc) is 2.74. The summed E-state index contributed by atoms with van der Waals surface area (Å²) in [4.78, 5) is 8.11. The van der Waals surface area contributed by atoms with Gasteiger partial charge in [-0.15, -0.1) is 0 Å². The monoisotopic (exact) mass is 315 g/mol. The third-order valence-electron chi connectivity index (χ3n) is 2.04. The molecule has 0 saturated heterocycles. The zero-order valence-corrected chi connectivity index (χ0v) is 10.3. The Morgan fingerprint density at radius 3 is 3.00 bits per heavy atom. The zero-order chi connectivity index (χ0) is 10.7. The van der Waals surface area contributed by atoms with E-state index in [4.69, 9.17) is 0 Å². The van der Waals surface area contributed by atoms with Crippen molar-refractivity contribution in [2.75, 3.05) is 5.32 Å². The SMILES string of the molecule is CC(Nc1ncncc1I)c1cn[nH]c1. The highest BCUT2D eigenvalue weighted by molar-refractivity contribution is 14.1. The first-order valence-electron chi connectivity index (χ1n) is 4.48. The summed E-state index contributed by atoms with van der Waals surface area (Å²) in [6, 6.07) is 0.173. The number of aromatic amines is 1. The molecular weight excluding hydrogens is 305 g/mol. The van der Waals surface area contributed by atoms with E-state index < -0.39 is 0 Å². The summed E-state index contributed by atoms with van der Waals surface area (Å²) in [5.41, 5.74) is 1.10. The van der Waals surface area contributed by atoms with Crippen LogP contribution in [-0.4, -0.2) is 20.2 Å². The van der Waals surface area contributed by atoms with Crippen LogP contribution in [-0.2, 0) is 0 Å². The molecule has 2 aromatic heterocycles. The van der Waals surface area contributed by atoms with Crippen LogP contribution in [0.15, 0.2) is 24.9 Å². The molecule has 0 aliphatic heterocycles. The Balaban J connectivity index is 2.13. The van der Waals surface area contributed by atoms with Crippen molar-refractivity contribution in [3.8, 4) is 0 Å². The highest BCUT2D eigenvalue weighted by atomic mass is 127. The Morgan fingerprint density at radius 2 is 2.33 bits per heavy atom. The van der Waals surface area contributed by atoms with E-state index in [0.717, 1.165) is 15.0 Å². The van der Waals surface area contributed by atoms with Gasteiger partial charge < -0.3 is 5.32 Å². The fourth-order valence-electron chi connectivity index (χ4n) is 1.20. The van der Waals surface area contributed by atoms with Gasteiger partial charge in [-0.25, -0.2) is 9.97 Å². The molecule has 1 unspecified atom stereocenters. The van der Waals surface area contributed by atoms with Crippen LogP contribution >= 0.6 is 22.6 Å². The molecule has 0 aliphatic rings. The van der Waals surface area contributed by atoms with E-state index >= 15 is 0 Å². The maximum atomic E-state index is 4.17. The third-order valence-corrected chi connectivity index (χ3v) is 2.83. The van der Waals surface area contributed by atoms with E-state index in [1.807, 2.05) is 6.20 Å². The summed E-state index contributed by atoms with van der Waals surface area (Å²) in [5, 5.41) is 9.99. The second-order valence-electron chi connectivity index (χ2n) is 3.12. The van der Waals surface area contributed by atoms with E-state index in [9.17, 15) is 0 Å². The fourth-order valence-corrected chi connectivity index (χ4v) is 1.66. The van der Waals surface area contributed by atoms with Crippen molar-refractivity contribution in [2.24, 2.45) is 0 Å². The number of hydrogen-bond donors (Lipinski definition) is 2. The van der Waals surface area contributed by atoms with Gasteiger partial charge in [0.2, 0.25) is 0 Å². The third kappa shape index (κ3) is 2.44. The molecule has 2 rings (SSSR count). The quantitative estimate of drug-likeness (QED) is 0.850. The molecule has 5 nitrogen and oxygen atoms in total. The van der Waals surface area contributed by atoms with Crippen molar-refractivity contribution in [1.29, 1.82) is 0 Å². The maximum absolute atomic E-state index is 4.17. The summed E-state index contributed by atoms with van der Waals surface area (Å²) in [7, 11) is 0. The van der Waals surface area contributed by atoms with Crippen molar-refractivity contribution < 1.29 is 0 Å². The first-order chi connectivity index (χ1) is 7.27. The molecule has 78 valence electrons. The maximum Gasteiger partial charge on any atom is 0.143 e. The standard InChI is InChI=1S/C9H10IN5/c1-6(7-2-13-14-3-7)15-9-8(10)4-11-5-12-9/h2-6H,1H3,(H,13,14)(H,11,12,15). The van der Waals surface area contributed by atoms with Gasteiger partial charge >= 0.3 is 0 Å². The molecule has 0 amide bonds. The van der Waals surface area contributed by atoms with Crippen LogP contribution in [0.25, 0.3) is 0 Å². The topological polar surface area (TPSA) is 66.5 Å². The molecule has 0 aliphatic carbocycles. The van der Waals surface area contributed by atoms with Crippen molar-refractivity contribution in [3.05, 3.63) is 34.1 Å². The highest BCUT2D eigenvalue weighted by Crippen LogP contribution is 2.19. The first-order valence-corrected chi connectivity index (χ1v) is 5.56. The summed E-state index contributed by atoms with van der Waals surface area (Å²) < 4.78 is 1.01. The van der Waals surface area contributed by atoms with Crippen molar-refractivity contribution in [2.45, 2.75) is 13.0 Å². The number of nitrogens with one attached hydrogen (secondary N) is 2. The highest BCUT2D eigenvalue weighted by Gasteiger charge is 2.08. The van der Waals surface area contributed by atoms with Gasteiger partial charge in [0.25, 0.3) is 0 Å². The Hall–Kier alpha value is -1.18. The Labute approximate surface area is 101 Å². The van der Waals surface area contributed by atoms with Gasteiger partial charge in [0, 0.05) is 18.0 Å². The molecule has 2 N–H and O–H groups in total. The summed E-state index contributed by atoms with van der Waals surface area (Å²) in [5.74, 6) is 0.847. The Bertz CT molecular complexity index is 428. The second-order valence-corrected chi connectivity index (χ2v) is 4.28. The molecule has 0 spiro atoms. The van der Waals surface area contributed by atoms with Crippen molar-refractivity contribution in [3.63, 3.8) is 0 Å². The van der Waals surface area contributed by atoms with Crippen LogP contribution in [0.4, 0.5) is 5.82 Å². The number of rotatable bonds is 3. The minimum Gasteiger partial charge on any atom is -0.362 e. The average molecular weight is 315 g/mol. The van der Waals surface area contributed by atoms with E-state index in [1.165, 1.54) is 6.33 Å². The Morgan fingerprint density at radius 1 is 1.47 bits per heavy atom.